The van der Waals surface area contributed by atoms with Crippen molar-refractivity contribution < 1.29 is 19.8 Å². The monoisotopic (exact) mass is 182 g/mol. The van der Waals surface area contributed by atoms with Crippen molar-refractivity contribution in [3.8, 4) is 5.75 Å². The van der Waals surface area contributed by atoms with Gasteiger partial charge >= 0.3 is 5.97 Å². The molecular weight excluding hydrogens is 172 g/mol. The Morgan fingerprint density at radius 3 is 2.31 bits per heavy atom. The summed E-state index contributed by atoms with van der Waals surface area (Å²) in [5.41, 5.74) is 0.769. The molecule has 1 aromatic rings. The van der Waals surface area contributed by atoms with Crippen molar-refractivity contribution in [1.82, 2.24) is 0 Å². The highest BCUT2D eigenvalue weighted by molar-refractivity contribution is 5.90. The van der Waals surface area contributed by atoms with E-state index in [1.165, 1.54) is 12.1 Å². The first-order chi connectivity index (χ1) is 6.11. The molecule has 0 bridgehead atoms. The third kappa shape index (κ3) is 2.94. The molecule has 0 radical (unpaired) electrons. The van der Waals surface area contributed by atoms with E-state index >= 15 is 0 Å². The van der Waals surface area contributed by atoms with Crippen molar-refractivity contribution in [3.05, 3.63) is 29.3 Å². The van der Waals surface area contributed by atoms with Gasteiger partial charge < -0.3 is 15.0 Å². The summed E-state index contributed by atoms with van der Waals surface area (Å²) in [6, 6.07) is 4.46. The molecule has 4 heteroatoms. The summed E-state index contributed by atoms with van der Waals surface area (Å²) in [7, 11) is 0. The van der Waals surface area contributed by atoms with E-state index in [0.29, 0.717) is 0 Å². The number of aromatic hydroxyl groups is 1. The van der Waals surface area contributed by atoms with Gasteiger partial charge in [0.2, 0.25) is 0 Å². The largest absolute Gasteiger partial charge is 0.507 e. The Labute approximate surface area is 75.4 Å². The molecule has 0 aromatic heterocycles. The zero-order valence-corrected chi connectivity index (χ0v) is 7.15. The number of aromatic carboxylic acids is 1. The summed E-state index contributed by atoms with van der Waals surface area (Å²) in [5, 5.41) is 17.6. The van der Waals surface area contributed by atoms with E-state index < -0.39 is 5.97 Å². The van der Waals surface area contributed by atoms with Crippen molar-refractivity contribution in [2.24, 2.45) is 0 Å². The molecule has 0 aliphatic heterocycles. The van der Waals surface area contributed by atoms with E-state index in [2.05, 4.69) is 0 Å². The normalized spacial score (nSPS) is 8.38. The second-order valence-electron chi connectivity index (χ2n) is 2.33. The number of carbonyl (C=O) groups excluding carboxylic acids is 1. The van der Waals surface area contributed by atoms with Crippen LogP contribution in [0.1, 0.15) is 15.9 Å². The Morgan fingerprint density at radius 1 is 1.38 bits per heavy atom. The van der Waals surface area contributed by atoms with Crippen LogP contribution < -0.4 is 0 Å². The number of aryl methyl sites for hydroxylation is 1. The minimum absolute atomic E-state index is 0.0509. The van der Waals surface area contributed by atoms with Gasteiger partial charge in [-0.05, 0) is 19.1 Å². The first-order valence-electron chi connectivity index (χ1n) is 3.43. The molecule has 0 heterocycles. The van der Waals surface area contributed by atoms with Gasteiger partial charge in [-0.25, -0.2) is 4.79 Å². The summed E-state index contributed by atoms with van der Waals surface area (Å²) >= 11 is 0. The molecule has 0 atom stereocenters. The average Bonchev–Trinajstić information content (AvgIpc) is 2.12. The maximum atomic E-state index is 10.4. The van der Waals surface area contributed by atoms with Gasteiger partial charge in [-0.2, -0.15) is 0 Å². The average molecular weight is 182 g/mol. The standard InChI is InChI=1S/C8H8O3.CH2O/c1-5-2-3-7(9)6(4-5)8(10)11;1-2/h2-4,9H,1H3,(H,10,11);1H2. The highest BCUT2D eigenvalue weighted by atomic mass is 16.4. The van der Waals surface area contributed by atoms with Crippen LogP contribution in [0.2, 0.25) is 0 Å². The highest BCUT2D eigenvalue weighted by Gasteiger charge is 2.07. The van der Waals surface area contributed by atoms with E-state index in [-0.39, 0.29) is 11.3 Å². The Morgan fingerprint density at radius 2 is 1.92 bits per heavy atom. The lowest BCUT2D eigenvalue weighted by molar-refractivity contribution is -0.0980. The number of rotatable bonds is 1. The van der Waals surface area contributed by atoms with Crippen LogP contribution in [-0.4, -0.2) is 23.0 Å². The molecule has 4 nitrogen and oxygen atoms in total. The van der Waals surface area contributed by atoms with Gasteiger partial charge in [0.05, 0.1) is 0 Å². The fourth-order valence-electron chi connectivity index (χ4n) is 0.821. The van der Waals surface area contributed by atoms with Crippen molar-refractivity contribution in [2.45, 2.75) is 6.92 Å². The first-order valence-corrected chi connectivity index (χ1v) is 3.43. The molecule has 70 valence electrons. The molecule has 0 fully saturated rings. The summed E-state index contributed by atoms with van der Waals surface area (Å²) in [6.45, 7) is 3.77. The lowest BCUT2D eigenvalue weighted by Gasteiger charge is -1.98. The fraction of sp³-hybridized carbons (Fsp3) is 0.111. The van der Waals surface area contributed by atoms with Crippen LogP contribution >= 0.6 is 0 Å². The number of phenols is 1. The quantitative estimate of drug-likeness (QED) is 0.684. The number of hydrogen-bond donors (Lipinski definition) is 2. The van der Waals surface area contributed by atoms with Gasteiger partial charge in [0.1, 0.15) is 18.1 Å². The van der Waals surface area contributed by atoms with Crippen LogP contribution in [-0.2, 0) is 4.79 Å². The third-order valence-corrected chi connectivity index (χ3v) is 1.38. The Balaban J connectivity index is 0.000000671. The van der Waals surface area contributed by atoms with Gasteiger partial charge in [0, 0.05) is 0 Å². The molecule has 13 heavy (non-hydrogen) atoms. The molecule has 0 saturated heterocycles. The summed E-state index contributed by atoms with van der Waals surface area (Å²) < 4.78 is 0. The Hall–Kier alpha value is -1.84. The summed E-state index contributed by atoms with van der Waals surface area (Å²) in [6.07, 6.45) is 0. The van der Waals surface area contributed by atoms with Crippen LogP contribution in [0.3, 0.4) is 0 Å². The fourth-order valence-corrected chi connectivity index (χ4v) is 0.821. The van der Waals surface area contributed by atoms with Gasteiger partial charge in [-0.1, -0.05) is 11.6 Å². The van der Waals surface area contributed by atoms with Crippen molar-refractivity contribution in [3.63, 3.8) is 0 Å². The predicted octanol–water partition coefficient (Wildman–Crippen LogP) is 1.21. The topological polar surface area (TPSA) is 74.6 Å². The maximum absolute atomic E-state index is 10.4. The number of hydrogen-bond acceptors (Lipinski definition) is 3. The van der Waals surface area contributed by atoms with Crippen LogP contribution in [0.5, 0.6) is 5.75 Å². The number of benzene rings is 1. The molecular formula is C9H10O4. The van der Waals surface area contributed by atoms with E-state index in [4.69, 9.17) is 15.0 Å². The lowest BCUT2D eigenvalue weighted by atomic mass is 10.1. The van der Waals surface area contributed by atoms with Crippen LogP contribution in [0.15, 0.2) is 18.2 Å². The van der Waals surface area contributed by atoms with Gasteiger partial charge in [0.15, 0.2) is 0 Å². The van der Waals surface area contributed by atoms with Crippen LogP contribution in [0.25, 0.3) is 0 Å². The van der Waals surface area contributed by atoms with Crippen LogP contribution in [0.4, 0.5) is 0 Å². The predicted molar refractivity (Wildman–Crippen MR) is 46.9 cm³/mol. The second kappa shape index (κ2) is 4.92. The minimum Gasteiger partial charge on any atom is -0.507 e. The molecule has 0 aliphatic rings. The third-order valence-electron chi connectivity index (χ3n) is 1.38. The van der Waals surface area contributed by atoms with Crippen molar-refractivity contribution in [1.29, 1.82) is 0 Å². The molecule has 0 spiro atoms. The van der Waals surface area contributed by atoms with Crippen molar-refractivity contribution in [2.75, 3.05) is 0 Å². The van der Waals surface area contributed by atoms with E-state index in [1.54, 1.807) is 13.0 Å². The zero-order chi connectivity index (χ0) is 10.4. The first kappa shape index (κ1) is 11.2. The summed E-state index contributed by atoms with van der Waals surface area (Å²) in [4.78, 5) is 18.4. The lowest BCUT2D eigenvalue weighted by Crippen LogP contribution is -1.96. The summed E-state index contributed by atoms with van der Waals surface area (Å²) in [5.74, 6) is -1.30. The molecule has 2 N–H and O–H groups in total. The van der Waals surface area contributed by atoms with Gasteiger partial charge in [0.25, 0.3) is 0 Å². The number of carboxylic acid groups (broad SMARTS) is 1. The number of carboxylic acids is 1. The van der Waals surface area contributed by atoms with Gasteiger partial charge in [-0.15, -0.1) is 0 Å². The zero-order valence-electron chi connectivity index (χ0n) is 7.15. The van der Waals surface area contributed by atoms with E-state index in [1.807, 2.05) is 6.79 Å². The van der Waals surface area contributed by atoms with E-state index in [9.17, 15) is 4.79 Å². The highest BCUT2D eigenvalue weighted by Crippen LogP contribution is 2.17. The van der Waals surface area contributed by atoms with E-state index in [0.717, 1.165) is 5.56 Å². The number of carbonyl (C=O) groups is 2. The molecule has 1 aromatic carbocycles. The molecule has 0 amide bonds. The molecule has 0 aliphatic carbocycles. The Bertz CT molecular complexity index is 306. The minimum atomic E-state index is -1.11. The van der Waals surface area contributed by atoms with Crippen LogP contribution in [0, 0.1) is 6.92 Å². The second-order valence-corrected chi connectivity index (χ2v) is 2.33. The molecule has 0 unspecified atom stereocenters. The SMILES string of the molecule is C=O.Cc1ccc(O)c(C(=O)O)c1. The maximum Gasteiger partial charge on any atom is 0.339 e. The van der Waals surface area contributed by atoms with Crippen molar-refractivity contribution >= 4 is 12.8 Å². The van der Waals surface area contributed by atoms with Gasteiger partial charge in [-0.3, -0.25) is 0 Å². The smallest absolute Gasteiger partial charge is 0.339 e. The molecule has 1 rings (SSSR count). The Kier molecular flexibility index (Phi) is 4.23. The molecule has 0 saturated carbocycles.